The highest BCUT2D eigenvalue weighted by Gasteiger charge is 2.04. The van der Waals surface area contributed by atoms with Crippen molar-refractivity contribution >= 4 is 29.9 Å². The van der Waals surface area contributed by atoms with Crippen molar-refractivity contribution in [2.75, 3.05) is 6.54 Å². The first-order valence-electron chi connectivity index (χ1n) is 9.21. The van der Waals surface area contributed by atoms with Crippen LogP contribution in [0.4, 0.5) is 0 Å². The van der Waals surface area contributed by atoms with Gasteiger partial charge in [-0.05, 0) is 24.1 Å². The quantitative estimate of drug-likeness (QED) is 0.277. The predicted octanol–water partition coefficient (Wildman–Crippen LogP) is 2.66. The Morgan fingerprint density at radius 2 is 1.93 bits per heavy atom. The predicted molar refractivity (Wildman–Crippen MR) is 123 cm³/mol. The van der Waals surface area contributed by atoms with Crippen molar-refractivity contribution in [2.24, 2.45) is 12.0 Å². The van der Waals surface area contributed by atoms with Gasteiger partial charge >= 0.3 is 0 Å². The lowest BCUT2D eigenvalue weighted by Crippen LogP contribution is -2.37. The zero-order chi connectivity index (χ0) is 19.6. The number of halogens is 1. The molecular weight excluding hydrogens is 481 g/mol. The van der Waals surface area contributed by atoms with Gasteiger partial charge in [-0.3, -0.25) is 4.68 Å². The summed E-state index contributed by atoms with van der Waals surface area (Å²) in [7, 11) is 1.86. The summed E-state index contributed by atoms with van der Waals surface area (Å²) >= 11 is 0. The topological polar surface area (TPSA) is 89.2 Å². The normalized spacial score (nSPS) is 10.9. The molecule has 3 rings (SSSR count). The maximum absolute atomic E-state index is 5.79. The molecule has 0 radical (unpaired) electrons. The molecule has 1 aromatic carbocycles. The number of nitrogens with one attached hydrogen (secondary N) is 2. The number of rotatable bonds is 8. The van der Waals surface area contributed by atoms with Crippen LogP contribution in [0.1, 0.15) is 23.9 Å². The number of benzene rings is 1. The van der Waals surface area contributed by atoms with Gasteiger partial charge in [0.05, 0.1) is 13.1 Å². The third kappa shape index (κ3) is 7.33. The van der Waals surface area contributed by atoms with Crippen molar-refractivity contribution in [3.63, 3.8) is 0 Å². The molecule has 0 spiro atoms. The van der Waals surface area contributed by atoms with Crippen LogP contribution in [0.15, 0.2) is 60.0 Å². The van der Waals surface area contributed by atoms with E-state index in [1.54, 1.807) is 10.9 Å². The summed E-state index contributed by atoms with van der Waals surface area (Å²) in [6, 6.07) is 13.9. The number of pyridine rings is 1. The molecule has 0 fully saturated rings. The van der Waals surface area contributed by atoms with Gasteiger partial charge in [-0.1, -0.05) is 30.3 Å². The van der Waals surface area contributed by atoms with E-state index in [0.29, 0.717) is 31.5 Å². The summed E-state index contributed by atoms with van der Waals surface area (Å²) < 4.78 is 7.52. The number of guanidine groups is 1. The minimum absolute atomic E-state index is 0. The molecule has 0 saturated heterocycles. The van der Waals surface area contributed by atoms with Crippen LogP contribution < -0.4 is 15.4 Å². The smallest absolute Gasteiger partial charge is 0.213 e. The molecule has 0 saturated carbocycles. The molecule has 2 heterocycles. The molecule has 0 aliphatic carbocycles. The number of aryl methyl sites for hydroxylation is 1. The number of hydrogen-bond acceptors (Lipinski definition) is 5. The molecule has 0 unspecified atom stereocenters. The third-order valence-corrected chi connectivity index (χ3v) is 4.01. The minimum Gasteiger partial charge on any atom is -0.473 e. The van der Waals surface area contributed by atoms with E-state index < -0.39 is 0 Å². The average molecular weight is 507 g/mol. The lowest BCUT2D eigenvalue weighted by Gasteiger charge is -2.11. The van der Waals surface area contributed by atoms with E-state index in [4.69, 9.17) is 4.74 Å². The Morgan fingerprint density at radius 3 is 2.66 bits per heavy atom. The van der Waals surface area contributed by atoms with E-state index in [1.165, 1.54) is 6.33 Å². The van der Waals surface area contributed by atoms with Gasteiger partial charge in [-0.2, -0.15) is 5.10 Å². The number of aromatic nitrogens is 4. The van der Waals surface area contributed by atoms with E-state index in [2.05, 4.69) is 30.7 Å². The van der Waals surface area contributed by atoms with Crippen LogP contribution >= 0.6 is 24.0 Å². The Balaban J connectivity index is 0.00000300. The van der Waals surface area contributed by atoms with Crippen molar-refractivity contribution in [3.8, 4) is 5.88 Å². The summed E-state index contributed by atoms with van der Waals surface area (Å²) in [5, 5.41) is 10.6. The van der Waals surface area contributed by atoms with E-state index in [0.717, 1.165) is 23.5 Å². The molecule has 29 heavy (non-hydrogen) atoms. The first kappa shape index (κ1) is 22.6. The Hall–Kier alpha value is -2.69. The highest BCUT2D eigenvalue weighted by atomic mass is 127. The second-order valence-electron chi connectivity index (χ2n) is 6.13. The van der Waals surface area contributed by atoms with Crippen LogP contribution in [0, 0.1) is 0 Å². The van der Waals surface area contributed by atoms with Gasteiger partial charge in [-0.25, -0.2) is 15.0 Å². The number of hydrogen-bond donors (Lipinski definition) is 2. The number of ether oxygens (including phenoxy) is 1. The van der Waals surface area contributed by atoms with Gasteiger partial charge < -0.3 is 15.4 Å². The fourth-order valence-electron chi connectivity index (χ4n) is 2.51. The molecule has 0 bridgehead atoms. The monoisotopic (exact) mass is 507 g/mol. The first-order valence-corrected chi connectivity index (χ1v) is 9.21. The molecule has 0 amide bonds. The van der Waals surface area contributed by atoms with Crippen molar-refractivity contribution in [3.05, 3.63) is 71.9 Å². The van der Waals surface area contributed by atoms with Crippen molar-refractivity contribution in [1.29, 1.82) is 0 Å². The fraction of sp³-hybridized carbons (Fsp3) is 0.300. The van der Waals surface area contributed by atoms with Crippen molar-refractivity contribution in [2.45, 2.75) is 26.6 Å². The largest absolute Gasteiger partial charge is 0.473 e. The van der Waals surface area contributed by atoms with Gasteiger partial charge in [0.1, 0.15) is 18.8 Å². The summed E-state index contributed by atoms with van der Waals surface area (Å²) in [5.41, 5.74) is 2.13. The van der Waals surface area contributed by atoms with Crippen LogP contribution in [-0.2, 0) is 26.7 Å². The van der Waals surface area contributed by atoms with Gasteiger partial charge in [0.2, 0.25) is 5.88 Å². The maximum atomic E-state index is 5.79. The van der Waals surface area contributed by atoms with Gasteiger partial charge in [0.25, 0.3) is 0 Å². The molecule has 154 valence electrons. The van der Waals surface area contributed by atoms with Gasteiger partial charge in [0.15, 0.2) is 5.96 Å². The Morgan fingerprint density at radius 1 is 1.10 bits per heavy atom. The molecule has 3 aromatic rings. The lowest BCUT2D eigenvalue weighted by molar-refractivity contribution is 0.293. The molecule has 8 nitrogen and oxygen atoms in total. The first-order chi connectivity index (χ1) is 13.7. The lowest BCUT2D eigenvalue weighted by atomic mass is 10.2. The summed E-state index contributed by atoms with van der Waals surface area (Å²) in [5.74, 6) is 2.15. The second kappa shape index (κ2) is 12.0. The van der Waals surface area contributed by atoms with E-state index in [9.17, 15) is 0 Å². The van der Waals surface area contributed by atoms with E-state index in [1.807, 2.05) is 56.4 Å². The van der Waals surface area contributed by atoms with Crippen LogP contribution in [0.5, 0.6) is 5.88 Å². The Bertz CT molecular complexity index is 899. The van der Waals surface area contributed by atoms with Crippen LogP contribution in [-0.4, -0.2) is 32.3 Å². The molecule has 2 N–H and O–H groups in total. The molecular formula is C20H26IN7O. The van der Waals surface area contributed by atoms with Crippen LogP contribution in [0.2, 0.25) is 0 Å². The van der Waals surface area contributed by atoms with Gasteiger partial charge in [-0.15, -0.1) is 24.0 Å². The Labute approximate surface area is 187 Å². The van der Waals surface area contributed by atoms with Gasteiger partial charge in [0, 0.05) is 25.9 Å². The molecule has 0 atom stereocenters. The van der Waals surface area contributed by atoms with E-state index in [-0.39, 0.29) is 24.0 Å². The molecule has 0 aliphatic rings. The molecule has 0 aliphatic heterocycles. The van der Waals surface area contributed by atoms with E-state index >= 15 is 0 Å². The summed E-state index contributed by atoms with van der Waals surface area (Å²) in [6.45, 7) is 4.35. The fourth-order valence-corrected chi connectivity index (χ4v) is 2.51. The summed E-state index contributed by atoms with van der Waals surface area (Å²) in [6.07, 6.45) is 3.28. The summed E-state index contributed by atoms with van der Waals surface area (Å²) in [4.78, 5) is 13.1. The number of nitrogens with zero attached hydrogens (tertiary/aromatic N) is 5. The van der Waals surface area contributed by atoms with Crippen molar-refractivity contribution < 1.29 is 4.74 Å². The standard InChI is InChI=1S/C20H25N7O.HI/c1-3-21-20(24-13-18-25-15-26-27(18)2)23-12-17-9-10-22-19(11-17)28-14-16-7-5-4-6-8-16;/h4-11,15H,3,12-14H2,1-2H3,(H2,21,23,24);1H. The van der Waals surface area contributed by atoms with Crippen LogP contribution in [0.3, 0.4) is 0 Å². The van der Waals surface area contributed by atoms with Crippen LogP contribution in [0.25, 0.3) is 0 Å². The molecule has 2 aromatic heterocycles. The Kier molecular flexibility index (Phi) is 9.35. The minimum atomic E-state index is 0. The number of aliphatic imine (C=N–C) groups is 1. The SMILES string of the molecule is CCNC(=NCc1ccnc(OCc2ccccc2)c1)NCc1ncnn1C.I. The highest BCUT2D eigenvalue weighted by Crippen LogP contribution is 2.12. The average Bonchev–Trinajstić information content (AvgIpc) is 3.14. The maximum Gasteiger partial charge on any atom is 0.213 e. The molecule has 9 heteroatoms. The highest BCUT2D eigenvalue weighted by molar-refractivity contribution is 14.0. The third-order valence-electron chi connectivity index (χ3n) is 4.01. The zero-order valence-corrected chi connectivity index (χ0v) is 18.9. The zero-order valence-electron chi connectivity index (χ0n) is 16.6. The van der Waals surface area contributed by atoms with Crippen molar-refractivity contribution in [1.82, 2.24) is 30.4 Å². The second-order valence-corrected chi connectivity index (χ2v) is 6.13.